The van der Waals surface area contributed by atoms with Gasteiger partial charge in [-0.05, 0) is 6.07 Å². The van der Waals surface area contributed by atoms with Crippen molar-refractivity contribution in [2.45, 2.75) is 5.79 Å². The van der Waals surface area contributed by atoms with E-state index in [4.69, 9.17) is 0 Å². The highest BCUT2D eigenvalue weighted by molar-refractivity contribution is 5.91. The van der Waals surface area contributed by atoms with Gasteiger partial charge >= 0.3 is 5.97 Å². The van der Waals surface area contributed by atoms with Crippen molar-refractivity contribution >= 4 is 5.97 Å². The van der Waals surface area contributed by atoms with Gasteiger partial charge in [-0.1, -0.05) is 48.5 Å². The van der Waals surface area contributed by atoms with Gasteiger partial charge in [0.05, 0.1) is 12.7 Å². The molecule has 0 spiro atoms. The van der Waals surface area contributed by atoms with E-state index >= 15 is 0 Å². The zero-order valence-corrected chi connectivity index (χ0v) is 10.4. The van der Waals surface area contributed by atoms with E-state index in [0.29, 0.717) is 0 Å². The fourth-order valence-electron chi connectivity index (χ4n) is 1.90. The van der Waals surface area contributed by atoms with Crippen LogP contribution in [0.5, 0.6) is 0 Å². The van der Waals surface area contributed by atoms with Gasteiger partial charge < -0.3 is 14.9 Å². The SMILES string of the molecule is COC(=O)c1ccccc1C(O)(O)c1ccccc1. The molecule has 0 aliphatic rings. The second kappa shape index (κ2) is 5.22. The summed E-state index contributed by atoms with van der Waals surface area (Å²) in [7, 11) is 1.25. The minimum atomic E-state index is -2.24. The van der Waals surface area contributed by atoms with E-state index in [1.807, 2.05) is 0 Å². The first-order chi connectivity index (χ1) is 9.07. The van der Waals surface area contributed by atoms with Crippen LogP contribution < -0.4 is 0 Å². The highest BCUT2D eigenvalue weighted by Crippen LogP contribution is 2.29. The van der Waals surface area contributed by atoms with Gasteiger partial charge in [0, 0.05) is 11.1 Å². The van der Waals surface area contributed by atoms with E-state index in [1.165, 1.54) is 19.2 Å². The first-order valence-corrected chi connectivity index (χ1v) is 5.75. The number of hydrogen-bond acceptors (Lipinski definition) is 4. The Morgan fingerprint density at radius 2 is 1.58 bits per heavy atom. The van der Waals surface area contributed by atoms with Gasteiger partial charge in [0.1, 0.15) is 0 Å². The van der Waals surface area contributed by atoms with Crippen molar-refractivity contribution < 1.29 is 19.7 Å². The fourth-order valence-corrected chi connectivity index (χ4v) is 1.90. The first-order valence-electron chi connectivity index (χ1n) is 5.75. The molecule has 4 nitrogen and oxygen atoms in total. The normalized spacial score (nSPS) is 11.1. The Morgan fingerprint density at radius 1 is 1.00 bits per heavy atom. The lowest BCUT2D eigenvalue weighted by Crippen LogP contribution is -2.29. The molecule has 98 valence electrons. The third kappa shape index (κ3) is 2.50. The first kappa shape index (κ1) is 13.3. The molecule has 19 heavy (non-hydrogen) atoms. The van der Waals surface area contributed by atoms with E-state index in [9.17, 15) is 15.0 Å². The molecule has 0 bridgehead atoms. The Hall–Kier alpha value is -2.17. The highest BCUT2D eigenvalue weighted by atomic mass is 16.5. The quantitative estimate of drug-likeness (QED) is 0.649. The van der Waals surface area contributed by atoms with Crippen LogP contribution in [-0.2, 0) is 10.5 Å². The summed E-state index contributed by atoms with van der Waals surface area (Å²) in [5, 5.41) is 20.7. The number of hydrogen-bond donors (Lipinski definition) is 2. The second-order valence-electron chi connectivity index (χ2n) is 4.08. The molecular weight excluding hydrogens is 244 g/mol. The van der Waals surface area contributed by atoms with E-state index in [0.717, 1.165) is 0 Å². The molecule has 0 amide bonds. The summed E-state index contributed by atoms with van der Waals surface area (Å²) in [6.45, 7) is 0. The topological polar surface area (TPSA) is 66.8 Å². The van der Waals surface area contributed by atoms with Gasteiger partial charge in [-0.25, -0.2) is 4.79 Å². The van der Waals surface area contributed by atoms with Crippen molar-refractivity contribution in [1.82, 2.24) is 0 Å². The summed E-state index contributed by atoms with van der Waals surface area (Å²) in [5.41, 5.74) is 0.498. The van der Waals surface area contributed by atoms with Gasteiger partial charge in [-0.15, -0.1) is 0 Å². The molecule has 0 heterocycles. The number of benzene rings is 2. The summed E-state index contributed by atoms with van der Waals surface area (Å²) in [4.78, 5) is 11.7. The molecule has 2 aromatic rings. The lowest BCUT2D eigenvalue weighted by atomic mass is 9.93. The molecule has 2 rings (SSSR count). The van der Waals surface area contributed by atoms with E-state index in [-0.39, 0.29) is 16.7 Å². The van der Waals surface area contributed by atoms with Crippen molar-refractivity contribution in [1.29, 1.82) is 0 Å². The fraction of sp³-hybridized carbons (Fsp3) is 0.133. The summed E-state index contributed by atoms with van der Waals surface area (Å²) in [5.74, 6) is -2.86. The number of ether oxygens (including phenoxy) is 1. The molecule has 0 fully saturated rings. The lowest BCUT2D eigenvalue weighted by molar-refractivity contribution is -0.132. The molecule has 2 aromatic carbocycles. The van der Waals surface area contributed by atoms with Crippen LogP contribution in [-0.4, -0.2) is 23.3 Å². The molecule has 4 heteroatoms. The van der Waals surface area contributed by atoms with Crippen LogP contribution in [0.4, 0.5) is 0 Å². The Morgan fingerprint density at radius 3 is 2.21 bits per heavy atom. The Labute approximate surface area is 110 Å². The predicted molar refractivity (Wildman–Crippen MR) is 69.4 cm³/mol. The van der Waals surface area contributed by atoms with Crippen molar-refractivity contribution in [3.8, 4) is 0 Å². The molecule has 0 saturated heterocycles. The number of methoxy groups -OCH3 is 1. The number of aliphatic hydroxyl groups is 2. The number of rotatable bonds is 3. The van der Waals surface area contributed by atoms with Crippen LogP contribution in [0, 0.1) is 0 Å². The number of esters is 1. The second-order valence-corrected chi connectivity index (χ2v) is 4.08. The molecule has 0 aromatic heterocycles. The molecule has 2 N–H and O–H groups in total. The molecule has 0 radical (unpaired) electrons. The van der Waals surface area contributed by atoms with Gasteiger partial charge in [0.2, 0.25) is 5.79 Å². The van der Waals surface area contributed by atoms with Crippen molar-refractivity contribution in [2.75, 3.05) is 7.11 Å². The van der Waals surface area contributed by atoms with Gasteiger partial charge in [-0.2, -0.15) is 0 Å². The van der Waals surface area contributed by atoms with Crippen LogP contribution in [0.3, 0.4) is 0 Å². The molecule has 0 saturated carbocycles. The Bertz CT molecular complexity index is 576. The maximum atomic E-state index is 11.7. The predicted octanol–water partition coefficient (Wildman–Crippen LogP) is 1.66. The van der Waals surface area contributed by atoms with Crippen LogP contribution in [0.1, 0.15) is 21.5 Å². The van der Waals surface area contributed by atoms with Crippen molar-refractivity contribution in [2.24, 2.45) is 0 Å². The minimum Gasteiger partial charge on any atom is -0.465 e. The number of carbonyl (C=O) groups is 1. The van der Waals surface area contributed by atoms with E-state index < -0.39 is 11.8 Å². The van der Waals surface area contributed by atoms with Gasteiger partial charge in [-0.3, -0.25) is 0 Å². The zero-order valence-electron chi connectivity index (χ0n) is 10.4. The molecule has 0 unspecified atom stereocenters. The summed E-state index contributed by atoms with van der Waals surface area (Å²) in [6.07, 6.45) is 0. The van der Waals surface area contributed by atoms with Crippen LogP contribution >= 0.6 is 0 Å². The van der Waals surface area contributed by atoms with E-state index in [2.05, 4.69) is 4.74 Å². The monoisotopic (exact) mass is 258 g/mol. The maximum Gasteiger partial charge on any atom is 0.338 e. The summed E-state index contributed by atoms with van der Waals surface area (Å²) < 4.78 is 4.65. The van der Waals surface area contributed by atoms with E-state index in [1.54, 1.807) is 42.5 Å². The minimum absolute atomic E-state index is 0.0908. The lowest BCUT2D eigenvalue weighted by Gasteiger charge is -2.24. The summed E-state index contributed by atoms with van der Waals surface area (Å²) in [6, 6.07) is 14.6. The zero-order chi connectivity index (χ0) is 13.9. The average Bonchev–Trinajstić information content (AvgIpc) is 2.47. The molecular formula is C15H14O4. The Kier molecular flexibility index (Phi) is 3.64. The van der Waals surface area contributed by atoms with Crippen LogP contribution in [0.15, 0.2) is 54.6 Å². The molecule has 0 aliphatic heterocycles. The number of carbonyl (C=O) groups excluding carboxylic acids is 1. The standard InChI is InChI=1S/C15H14O4/c1-19-14(16)12-9-5-6-10-13(12)15(17,18)11-7-3-2-4-8-11/h2-10,17-18H,1H3. The van der Waals surface area contributed by atoms with Crippen molar-refractivity contribution in [3.63, 3.8) is 0 Å². The average molecular weight is 258 g/mol. The summed E-state index contributed by atoms with van der Waals surface area (Å²) >= 11 is 0. The third-order valence-electron chi connectivity index (χ3n) is 2.88. The van der Waals surface area contributed by atoms with Gasteiger partial charge in [0.15, 0.2) is 0 Å². The molecule has 0 aliphatic carbocycles. The van der Waals surface area contributed by atoms with Crippen LogP contribution in [0.25, 0.3) is 0 Å². The highest BCUT2D eigenvalue weighted by Gasteiger charge is 2.32. The van der Waals surface area contributed by atoms with Crippen molar-refractivity contribution in [3.05, 3.63) is 71.3 Å². The van der Waals surface area contributed by atoms with Crippen LogP contribution in [0.2, 0.25) is 0 Å². The Balaban J connectivity index is 2.55. The molecule has 0 atom stereocenters. The maximum absolute atomic E-state index is 11.7. The third-order valence-corrected chi connectivity index (χ3v) is 2.88. The van der Waals surface area contributed by atoms with Gasteiger partial charge in [0.25, 0.3) is 0 Å². The smallest absolute Gasteiger partial charge is 0.338 e. The largest absolute Gasteiger partial charge is 0.465 e.